The third kappa shape index (κ3) is 4.44. The highest BCUT2D eigenvalue weighted by atomic mass is 32.2. The van der Waals surface area contributed by atoms with Crippen molar-refractivity contribution in [3.63, 3.8) is 0 Å². The van der Waals surface area contributed by atoms with Gasteiger partial charge in [0.05, 0.1) is 16.7 Å². The molecule has 1 saturated heterocycles. The second-order valence-electron chi connectivity index (χ2n) is 5.46. The Morgan fingerprint density at radius 2 is 2.33 bits per heavy atom. The highest BCUT2D eigenvalue weighted by Gasteiger charge is 2.31. The molecule has 1 aromatic rings. The first-order chi connectivity index (χ1) is 10.0. The molecule has 120 valence electrons. The van der Waals surface area contributed by atoms with Gasteiger partial charge in [-0.1, -0.05) is 0 Å². The normalized spacial score (nSPS) is 20.8. The standard InChI is InChI=1S/C14H25N3O3S/c1-3-20-8-5-7-17-11-12(2)16-14(17)15-10-13-6-4-9-21(13,18)19/h11,13H,3-10H2,1-2H3,(H,15,16). The van der Waals surface area contributed by atoms with E-state index in [0.717, 1.165) is 50.7 Å². The highest BCUT2D eigenvalue weighted by Crippen LogP contribution is 2.20. The summed E-state index contributed by atoms with van der Waals surface area (Å²) in [6.07, 6.45) is 4.42. The Hall–Kier alpha value is -1.08. The first-order valence-corrected chi connectivity index (χ1v) is 9.31. The molecule has 1 unspecified atom stereocenters. The highest BCUT2D eigenvalue weighted by molar-refractivity contribution is 7.92. The lowest BCUT2D eigenvalue weighted by atomic mass is 10.2. The van der Waals surface area contributed by atoms with Crippen molar-refractivity contribution in [1.82, 2.24) is 9.55 Å². The van der Waals surface area contributed by atoms with E-state index in [1.807, 2.05) is 24.6 Å². The molecule has 1 aliphatic heterocycles. The van der Waals surface area contributed by atoms with Crippen LogP contribution in [0.25, 0.3) is 0 Å². The van der Waals surface area contributed by atoms with Gasteiger partial charge in [-0.05, 0) is 33.1 Å². The van der Waals surface area contributed by atoms with Crippen LogP contribution in [0.5, 0.6) is 0 Å². The summed E-state index contributed by atoms with van der Waals surface area (Å²) < 4.78 is 31.0. The average molecular weight is 315 g/mol. The fraction of sp³-hybridized carbons (Fsp3) is 0.786. The number of nitrogens with one attached hydrogen (secondary N) is 1. The van der Waals surface area contributed by atoms with Gasteiger partial charge in [0.25, 0.3) is 0 Å². The van der Waals surface area contributed by atoms with Crippen LogP contribution in [-0.2, 0) is 21.1 Å². The van der Waals surface area contributed by atoms with E-state index in [4.69, 9.17) is 4.74 Å². The van der Waals surface area contributed by atoms with E-state index in [0.29, 0.717) is 12.3 Å². The second-order valence-corrected chi connectivity index (χ2v) is 7.86. The van der Waals surface area contributed by atoms with Gasteiger partial charge >= 0.3 is 0 Å². The maximum Gasteiger partial charge on any atom is 0.203 e. The lowest BCUT2D eigenvalue weighted by molar-refractivity contribution is 0.142. The first kappa shape index (κ1) is 16.3. The molecule has 1 aliphatic rings. The predicted octanol–water partition coefficient (Wildman–Crippen LogP) is 1.61. The van der Waals surface area contributed by atoms with E-state index in [1.165, 1.54) is 0 Å². The number of imidazole rings is 1. The largest absolute Gasteiger partial charge is 0.382 e. The summed E-state index contributed by atoms with van der Waals surface area (Å²) in [4.78, 5) is 4.43. The molecule has 1 aromatic heterocycles. The van der Waals surface area contributed by atoms with Crippen molar-refractivity contribution in [2.45, 2.75) is 44.9 Å². The van der Waals surface area contributed by atoms with Gasteiger partial charge < -0.3 is 14.6 Å². The molecule has 6 nitrogen and oxygen atoms in total. The van der Waals surface area contributed by atoms with Crippen molar-refractivity contribution in [3.05, 3.63) is 11.9 Å². The Labute approximate surface area is 126 Å². The summed E-state index contributed by atoms with van der Waals surface area (Å²) in [5, 5.41) is 2.93. The molecule has 7 heteroatoms. The quantitative estimate of drug-likeness (QED) is 0.738. The van der Waals surface area contributed by atoms with Crippen LogP contribution in [0.4, 0.5) is 5.95 Å². The molecular formula is C14H25N3O3S. The molecule has 0 aliphatic carbocycles. The summed E-state index contributed by atoms with van der Waals surface area (Å²) in [6, 6.07) is 0. The van der Waals surface area contributed by atoms with Gasteiger partial charge in [0.2, 0.25) is 5.95 Å². The van der Waals surface area contributed by atoms with Crippen molar-refractivity contribution < 1.29 is 13.2 Å². The van der Waals surface area contributed by atoms with Gasteiger partial charge in [0, 0.05) is 32.5 Å². The Balaban J connectivity index is 1.90. The van der Waals surface area contributed by atoms with Crippen LogP contribution in [0.2, 0.25) is 0 Å². The van der Waals surface area contributed by atoms with Gasteiger partial charge in [0.1, 0.15) is 0 Å². The second kappa shape index (κ2) is 7.26. The molecule has 1 fully saturated rings. The van der Waals surface area contributed by atoms with E-state index in [-0.39, 0.29) is 5.25 Å². The predicted molar refractivity (Wildman–Crippen MR) is 83.4 cm³/mol. The SMILES string of the molecule is CCOCCCn1cc(C)nc1NCC1CCCS1(=O)=O. The molecule has 0 saturated carbocycles. The molecule has 0 bridgehead atoms. The van der Waals surface area contributed by atoms with E-state index in [1.54, 1.807) is 0 Å². The molecule has 1 atom stereocenters. The Morgan fingerprint density at radius 3 is 3.00 bits per heavy atom. The average Bonchev–Trinajstić information content (AvgIpc) is 2.94. The van der Waals surface area contributed by atoms with E-state index < -0.39 is 9.84 Å². The van der Waals surface area contributed by atoms with Crippen LogP contribution in [0.1, 0.15) is 31.9 Å². The molecule has 1 N–H and O–H groups in total. The molecule has 0 aromatic carbocycles. The molecule has 2 rings (SSSR count). The topological polar surface area (TPSA) is 73.2 Å². The number of hydrogen-bond acceptors (Lipinski definition) is 5. The number of aromatic nitrogens is 2. The van der Waals surface area contributed by atoms with E-state index >= 15 is 0 Å². The zero-order chi connectivity index (χ0) is 15.3. The minimum absolute atomic E-state index is 0.272. The zero-order valence-corrected chi connectivity index (χ0v) is 13.7. The van der Waals surface area contributed by atoms with Gasteiger partial charge in [0.15, 0.2) is 9.84 Å². The fourth-order valence-electron chi connectivity index (χ4n) is 2.63. The summed E-state index contributed by atoms with van der Waals surface area (Å²) in [6.45, 7) is 6.65. The monoisotopic (exact) mass is 315 g/mol. The summed E-state index contributed by atoms with van der Waals surface area (Å²) >= 11 is 0. The number of rotatable bonds is 8. The van der Waals surface area contributed by atoms with Crippen LogP contribution >= 0.6 is 0 Å². The summed E-state index contributed by atoms with van der Waals surface area (Å²) in [7, 11) is -2.91. The minimum Gasteiger partial charge on any atom is -0.382 e. The third-order valence-corrected chi connectivity index (χ3v) is 6.02. The van der Waals surface area contributed by atoms with Crippen LogP contribution in [-0.4, -0.2) is 48.7 Å². The third-order valence-electron chi connectivity index (χ3n) is 3.74. The maximum atomic E-state index is 11.8. The molecule has 0 radical (unpaired) electrons. The summed E-state index contributed by atoms with van der Waals surface area (Å²) in [5.74, 6) is 1.08. The van der Waals surface area contributed by atoms with Crippen molar-refractivity contribution in [2.24, 2.45) is 0 Å². The number of ether oxygens (including phenoxy) is 1. The Bertz CT molecular complexity index is 554. The molecule has 0 spiro atoms. The maximum absolute atomic E-state index is 11.8. The van der Waals surface area contributed by atoms with Crippen LogP contribution < -0.4 is 5.32 Å². The number of hydrogen-bond donors (Lipinski definition) is 1. The van der Waals surface area contributed by atoms with E-state index in [2.05, 4.69) is 10.3 Å². The molecule has 21 heavy (non-hydrogen) atoms. The van der Waals surface area contributed by atoms with Gasteiger partial charge in [-0.15, -0.1) is 0 Å². The number of anilines is 1. The van der Waals surface area contributed by atoms with Crippen molar-refractivity contribution in [3.8, 4) is 0 Å². The van der Waals surface area contributed by atoms with Crippen molar-refractivity contribution in [2.75, 3.05) is 30.8 Å². The summed E-state index contributed by atoms with van der Waals surface area (Å²) in [5.41, 5.74) is 0.934. The number of sulfone groups is 1. The number of aryl methyl sites for hydroxylation is 2. The lowest BCUT2D eigenvalue weighted by Crippen LogP contribution is -2.26. The van der Waals surface area contributed by atoms with Crippen LogP contribution in [0, 0.1) is 6.92 Å². The smallest absolute Gasteiger partial charge is 0.203 e. The van der Waals surface area contributed by atoms with Crippen LogP contribution in [0.3, 0.4) is 0 Å². The molecule has 0 amide bonds. The molecule has 2 heterocycles. The van der Waals surface area contributed by atoms with Gasteiger partial charge in [-0.25, -0.2) is 13.4 Å². The van der Waals surface area contributed by atoms with Crippen LogP contribution in [0.15, 0.2) is 6.20 Å². The van der Waals surface area contributed by atoms with Gasteiger partial charge in [-0.2, -0.15) is 0 Å². The Kier molecular flexibility index (Phi) is 5.64. The van der Waals surface area contributed by atoms with Crippen molar-refractivity contribution in [1.29, 1.82) is 0 Å². The zero-order valence-electron chi connectivity index (χ0n) is 12.8. The van der Waals surface area contributed by atoms with Gasteiger partial charge in [-0.3, -0.25) is 0 Å². The minimum atomic E-state index is -2.91. The molecular weight excluding hydrogens is 290 g/mol. The lowest BCUT2D eigenvalue weighted by Gasteiger charge is -2.13. The number of nitrogens with zero attached hydrogens (tertiary/aromatic N) is 2. The van der Waals surface area contributed by atoms with Crippen molar-refractivity contribution >= 4 is 15.8 Å². The fourth-order valence-corrected chi connectivity index (χ4v) is 4.40. The first-order valence-electron chi connectivity index (χ1n) is 7.60. The van der Waals surface area contributed by atoms with E-state index in [9.17, 15) is 8.42 Å². The Morgan fingerprint density at radius 1 is 1.52 bits per heavy atom.